The van der Waals surface area contributed by atoms with Crippen LogP contribution in [0.4, 0.5) is 5.69 Å². The Morgan fingerprint density at radius 1 is 1.21 bits per heavy atom. The molecule has 2 aromatic rings. The number of carbonyl (C=O) groups excluding carboxylic acids is 1. The summed E-state index contributed by atoms with van der Waals surface area (Å²) in [6.07, 6.45) is 1.02. The van der Waals surface area contributed by atoms with E-state index in [-0.39, 0.29) is 10.6 Å². The number of nitrogens with zero attached hydrogens (tertiary/aromatic N) is 1. The summed E-state index contributed by atoms with van der Waals surface area (Å²) in [6, 6.07) is 10.8. The van der Waals surface area contributed by atoms with Crippen LogP contribution in [-0.2, 0) is 0 Å². The van der Waals surface area contributed by atoms with Crippen molar-refractivity contribution in [3.8, 4) is 5.75 Å². The van der Waals surface area contributed by atoms with Crippen molar-refractivity contribution in [1.29, 1.82) is 0 Å². The summed E-state index contributed by atoms with van der Waals surface area (Å²) in [6.45, 7) is 0. The van der Waals surface area contributed by atoms with Crippen molar-refractivity contribution in [2.45, 2.75) is 0 Å². The first kappa shape index (κ1) is 17.8. The van der Waals surface area contributed by atoms with Crippen LogP contribution >= 0.6 is 23.2 Å². The van der Waals surface area contributed by atoms with Gasteiger partial charge in [-0.3, -0.25) is 14.9 Å². The lowest BCUT2D eigenvalue weighted by Crippen LogP contribution is -2.14. The molecule has 0 saturated heterocycles. The quantitative estimate of drug-likeness (QED) is 0.354. The van der Waals surface area contributed by atoms with Crippen LogP contribution in [0.3, 0.4) is 0 Å². The number of rotatable bonds is 6. The minimum absolute atomic E-state index is 0.000507. The van der Waals surface area contributed by atoms with Crippen LogP contribution in [0.25, 0.3) is 0 Å². The maximum atomic E-state index is 12.3. The molecule has 1 N–H and O–H groups in total. The molecule has 0 fully saturated rings. The van der Waals surface area contributed by atoms with Gasteiger partial charge in [-0.25, -0.2) is 0 Å². The van der Waals surface area contributed by atoms with Gasteiger partial charge in [0.15, 0.2) is 0 Å². The molecule has 0 aliphatic rings. The minimum atomic E-state index is -0.817. The molecule has 0 aliphatic heterocycles. The number of ether oxygens (including phenoxy) is 1. The summed E-state index contributed by atoms with van der Waals surface area (Å²) in [5, 5.41) is 14.3. The van der Waals surface area contributed by atoms with E-state index < -0.39 is 16.4 Å². The van der Waals surface area contributed by atoms with E-state index in [0.717, 1.165) is 6.20 Å². The van der Waals surface area contributed by atoms with Gasteiger partial charge in [0.25, 0.3) is 5.78 Å². The highest BCUT2D eigenvalue weighted by atomic mass is 35.5. The number of Topliss-reactive ketones (excluding diaryl/α,β-unsaturated/α-hetero) is 1. The van der Waals surface area contributed by atoms with Crippen molar-refractivity contribution in [2.24, 2.45) is 0 Å². The van der Waals surface area contributed by atoms with E-state index in [0.29, 0.717) is 16.5 Å². The van der Waals surface area contributed by atoms with Crippen molar-refractivity contribution in [3.05, 3.63) is 80.1 Å². The smallest absolute Gasteiger partial charge is 0.332 e. The van der Waals surface area contributed by atoms with Crippen molar-refractivity contribution >= 4 is 34.7 Å². The van der Waals surface area contributed by atoms with Gasteiger partial charge < -0.3 is 10.1 Å². The SMILES string of the molecule is COc1ccc(NC=C(C(=O)c2ccc(Cl)cc2Cl)[N+](=O)[O-])cc1. The third-order valence-electron chi connectivity index (χ3n) is 3.07. The Bertz CT molecular complexity index is 804. The molecule has 0 unspecified atom stereocenters. The van der Waals surface area contributed by atoms with Gasteiger partial charge in [-0.2, -0.15) is 0 Å². The molecule has 124 valence electrons. The van der Waals surface area contributed by atoms with Gasteiger partial charge in [0.2, 0.25) is 0 Å². The molecule has 0 bridgehead atoms. The van der Waals surface area contributed by atoms with Crippen molar-refractivity contribution in [2.75, 3.05) is 12.4 Å². The number of ketones is 1. The zero-order chi connectivity index (χ0) is 17.7. The predicted molar refractivity (Wildman–Crippen MR) is 92.5 cm³/mol. The van der Waals surface area contributed by atoms with Crippen LogP contribution in [0, 0.1) is 10.1 Å². The molecule has 0 amide bonds. The molecule has 2 rings (SSSR count). The zero-order valence-electron chi connectivity index (χ0n) is 12.5. The van der Waals surface area contributed by atoms with Crippen LogP contribution in [0.2, 0.25) is 10.0 Å². The van der Waals surface area contributed by atoms with E-state index in [1.54, 1.807) is 24.3 Å². The maximum Gasteiger partial charge on any atom is 0.332 e. The van der Waals surface area contributed by atoms with E-state index >= 15 is 0 Å². The molecular weight excluding hydrogens is 355 g/mol. The third kappa shape index (κ3) is 4.24. The lowest BCUT2D eigenvalue weighted by molar-refractivity contribution is -0.416. The lowest BCUT2D eigenvalue weighted by Gasteiger charge is -2.05. The molecule has 6 nitrogen and oxygen atoms in total. The first-order chi connectivity index (χ1) is 11.4. The van der Waals surface area contributed by atoms with Gasteiger partial charge >= 0.3 is 5.70 Å². The Balaban J connectivity index is 2.27. The van der Waals surface area contributed by atoms with Gasteiger partial charge in [-0.1, -0.05) is 23.2 Å². The standard InChI is InChI=1S/C16H12Cl2N2O4/c1-24-12-5-3-11(4-6-12)19-9-15(20(22)23)16(21)13-7-2-10(17)8-14(13)18/h2-9,19H,1H3. The molecule has 0 aliphatic carbocycles. The number of halogens is 2. The monoisotopic (exact) mass is 366 g/mol. The fourth-order valence-electron chi connectivity index (χ4n) is 1.85. The van der Waals surface area contributed by atoms with Crippen LogP contribution in [-0.4, -0.2) is 17.8 Å². The average molecular weight is 367 g/mol. The van der Waals surface area contributed by atoms with Gasteiger partial charge in [-0.15, -0.1) is 0 Å². The van der Waals surface area contributed by atoms with Gasteiger partial charge in [-0.05, 0) is 42.5 Å². The topological polar surface area (TPSA) is 81.5 Å². The van der Waals surface area contributed by atoms with Crippen LogP contribution in [0.15, 0.2) is 54.4 Å². The second kappa shape index (κ2) is 7.81. The third-order valence-corrected chi connectivity index (χ3v) is 3.62. The largest absolute Gasteiger partial charge is 0.497 e. The highest BCUT2D eigenvalue weighted by molar-refractivity contribution is 6.37. The van der Waals surface area contributed by atoms with Gasteiger partial charge in [0.05, 0.1) is 23.3 Å². The molecule has 0 heterocycles. The number of nitrogens with one attached hydrogen (secondary N) is 1. The number of methoxy groups -OCH3 is 1. The molecule has 8 heteroatoms. The molecular formula is C16H12Cl2N2O4. The second-order valence-corrected chi connectivity index (χ2v) is 5.46. The number of allylic oxidation sites excluding steroid dienone is 1. The Morgan fingerprint density at radius 3 is 2.42 bits per heavy atom. The number of hydrogen-bond acceptors (Lipinski definition) is 5. The Kier molecular flexibility index (Phi) is 5.78. The first-order valence-electron chi connectivity index (χ1n) is 6.67. The summed E-state index contributed by atoms with van der Waals surface area (Å²) in [4.78, 5) is 22.8. The number of carbonyl (C=O) groups is 1. The Morgan fingerprint density at radius 2 is 1.88 bits per heavy atom. The average Bonchev–Trinajstić information content (AvgIpc) is 2.55. The normalized spacial score (nSPS) is 11.0. The molecule has 0 radical (unpaired) electrons. The molecule has 0 aromatic heterocycles. The summed E-state index contributed by atoms with van der Waals surface area (Å²) >= 11 is 11.7. The van der Waals surface area contributed by atoms with Crippen LogP contribution < -0.4 is 10.1 Å². The Hall–Kier alpha value is -2.57. The van der Waals surface area contributed by atoms with E-state index in [4.69, 9.17) is 27.9 Å². The summed E-state index contributed by atoms with van der Waals surface area (Å²) in [5.41, 5.74) is -0.0826. The fourth-order valence-corrected chi connectivity index (χ4v) is 2.35. The zero-order valence-corrected chi connectivity index (χ0v) is 14.0. The van der Waals surface area contributed by atoms with E-state index in [9.17, 15) is 14.9 Å². The molecule has 0 saturated carbocycles. The fraction of sp³-hybridized carbons (Fsp3) is 0.0625. The van der Waals surface area contributed by atoms with E-state index in [1.165, 1.54) is 25.3 Å². The maximum absolute atomic E-state index is 12.3. The second-order valence-electron chi connectivity index (χ2n) is 4.61. The van der Waals surface area contributed by atoms with Crippen LogP contribution in [0.5, 0.6) is 5.75 Å². The predicted octanol–water partition coefficient (Wildman–Crippen LogP) is 4.41. The molecule has 0 spiro atoms. The van der Waals surface area contributed by atoms with Gasteiger partial charge in [0, 0.05) is 16.3 Å². The molecule has 24 heavy (non-hydrogen) atoms. The lowest BCUT2D eigenvalue weighted by atomic mass is 10.1. The minimum Gasteiger partial charge on any atom is -0.497 e. The number of nitro groups is 1. The summed E-state index contributed by atoms with van der Waals surface area (Å²) < 4.78 is 5.02. The first-order valence-corrected chi connectivity index (χ1v) is 7.43. The van der Waals surface area contributed by atoms with Crippen molar-refractivity contribution in [1.82, 2.24) is 0 Å². The highest BCUT2D eigenvalue weighted by Gasteiger charge is 2.25. The Labute approximate surface area is 147 Å². The summed E-state index contributed by atoms with van der Waals surface area (Å²) in [5.74, 6) is -0.175. The number of anilines is 1. The van der Waals surface area contributed by atoms with Crippen molar-refractivity contribution in [3.63, 3.8) is 0 Å². The highest BCUT2D eigenvalue weighted by Crippen LogP contribution is 2.24. The van der Waals surface area contributed by atoms with Gasteiger partial charge in [0.1, 0.15) is 5.75 Å². The van der Waals surface area contributed by atoms with Crippen molar-refractivity contribution < 1.29 is 14.5 Å². The summed E-state index contributed by atoms with van der Waals surface area (Å²) in [7, 11) is 1.53. The number of benzene rings is 2. The molecule has 2 aromatic carbocycles. The molecule has 0 atom stereocenters. The van der Waals surface area contributed by atoms with Crippen LogP contribution in [0.1, 0.15) is 10.4 Å². The number of hydrogen-bond donors (Lipinski definition) is 1. The van der Waals surface area contributed by atoms with E-state index in [1.807, 2.05) is 0 Å². The van der Waals surface area contributed by atoms with E-state index in [2.05, 4.69) is 5.32 Å².